The number of rotatable bonds is 3. The van der Waals surface area contributed by atoms with Crippen molar-refractivity contribution in [2.75, 3.05) is 5.73 Å². The van der Waals surface area contributed by atoms with Crippen molar-refractivity contribution in [3.05, 3.63) is 69.0 Å². The Hall–Kier alpha value is -3.15. The smallest absolute Gasteiger partial charge is 0.280 e. The van der Waals surface area contributed by atoms with Gasteiger partial charge in [-0.2, -0.15) is 0 Å². The molecule has 3 aromatic rings. The van der Waals surface area contributed by atoms with Gasteiger partial charge in [0.2, 0.25) is 5.78 Å². The molecule has 0 radical (unpaired) electrons. The maximum Gasteiger partial charge on any atom is 0.280 e. The van der Waals surface area contributed by atoms with Gasteiger partial charge in [0.15, 0.2) is 5.76 Å². The van der Waals surface area contributed by atoms with Crippen molar-refractivity contribution in [3.8, 4) is 0 Å². The Morgan fingerprint density at radius 1 is 1.31 bits per heavy atom. The van der Waals surface area contributed by atoms with Crippen LogP contribution in [0, 0.1) is 10.1 Å². The second-order valence-electron chi connectivity index (χ2n) is 6.79. The minimum absolute atomic E-state index is 0.0265. The van der Waals surface area contributed by atoms with E-state index in [2.05, 4.69) is 6.92 Å². The molecule has 2 aromatic carbocycles. The minimum Gasteiger partial charge on any atom is -0.450 e. The number of hydrogen-bond donors (Lipinski definition) is 1. The number of carbonyl (C=O) groups excluding carboxylic acids is 1. The van der Waals surface area contributed by atoms with Crippen LogP contribution < -0.4 is 5.73 Å². The molecule has 4 rings (SSSR count). The first-order valence-corrected chi connectivity index (χ1v) is 8.60. The van der Waals surface area contributed by atoms with Crippen LogP contribution in [0.4, 0.5) is 11.4 Å². The highest BCUT2D eigenvalue weighted by Gasteiger charge is 2.27. The summed E-state index contributed by atoms with van der Waals surface area (Å²) < 4.78 is 5.77. The van der Waals surface area contributed by atoms with Gasteiger partial charge in [-0.05, 0) is 54.5 Å². The zero-order valence-corrected chi connectivity index (χ0v) is 14.3. The molecule has 2 N–H and O–H groups in total. The lowest BCUT2D eigenvalue weighted by molar-refractivity contribution is -0.385. The number of hydrogen-bond acceptors (Lipinski definition) is 5. The van der Waals surface area contributed by atoms with E-state index in [4.69, 9.17) is 10.2 Å². The summed E-state index contributed by atoms with van der Waals surface area (Å²) >= 11 is 0. The van der Waals surface area contributed by atoms with Crippen LogP contribution in [0.25, 0.3) is 11.0 Å². The van der Waals surface area contributed by atoms with E-state index in [-0.39, 0.29) is 22.7 Å². The maximum absolute atomic E-state index is 12.9. The number of ketones is 1. The van der Waals surface area contributed by atoms with Crippen molar-refractivity contribution < 1.29 is 14.1 Å². The van der Waals surface area contributed by atoms with Gasteiger partial charge >= 0.3 is 0 Å². The third-order valence-corrected chi connectivity index (χ3v) is 5.15. The van der Waals surface area contributed by atoms with Gasteiger partial charge in [-0.15, -0.1) is 0 Å². The summed E-state index contributed by atoms with van der Waals surface area (Å²) in [5, 5.41) is 11.9. The van der Waals surface area contributed by atoms with Gasteiger partial charge in [-0.1, -0.05) is 19.1 Å². The maximum atomic E-state index is 12.9. The summed E-state index contributed by atoms with van der Waals surface area (Å²) in [4.78, 5) is 23.5. The molecule has 0 spiro atoms. The monoisotopic (exact) mass is 350 g/mol. The standard InChI is InChI=1S/C20H18N2O4/c1-11-5-4-6-12-9-15-17(10-14(11)12)26-20(18(15)21)19(23)13-7-2-3-8-16(13)22(24)25/h2-3,7-11H,4-6,21H2,1H3. The quantitative estimate of drug-likeness (QED) is 0.423. The first-order chi connectivity index (χ1) is 12.5. The van der Waals surface area contributed by atoms with E-state index >= 15 is 0 Å². The molecule has 1 aromatic heterocycles. The highest BCUT2D eigenvalue weighted by molar-refractivity contribution is 6.16. The van der Waals surface area contributed by atoms with Crippen LogP contribution in [0.1, 0.15) is 52.9 Å². The Morgan fingerprint density at radius 3 is 2.85 bits per heavy atom. The molecule has 0 saturated heterocycles. The molecule has 6 nitrogen and oxygen atoms in total. The first kappa shape index (κ1) is 16.3. The fourth-order valence-electron chi connectivity index (χ4n) is 3.77. The Kier molecular flexibility index (Phi) is 3.76. The molecule has 0 fully saturated rings. The SMILES string of the molecule is CC1CCCc2cc3c(N)c(C(=O)c4ccccc4[N+](=O)[O-])oc3cc21. The van der Waals surface area contributed by atoms with Crippen molar-refractivity contribution in [2.24, 2.45) is 0 Å². The summed E-state index contributed by atoms with van der Waals surface area (Å²) in [7, 11) is 0. The second kappa shape index (κ2) is 5.98. The lowest BCUT2D eigenvalue weighted by Crippen LogP contribution is -2.07. The van der Waals surface area contributed by atoms with E-state index < -0.39 is 10.7 Å². The van der Waals surface area contributed by atoms with Crippen molar-refractivity contribution in [3.63, 3.8) is 0 Å². The van der Waals surface area contributed by atoms with E-state index in [1.807, 2.05) is 12.1 Å². The number of anilines is 1. The number of nitro benzene ring substituents is 1. The zero-order valence-electron chi connectivity index (χ0n) is 14.3. The Bertz CT molecular complexity index is 1050. The van der Waals surface area contributed by atoms with E-state index in [0.29, 0.717) is 16.9 Å². The largest absolute Gasteiger partial charge is 0.450 e. The van der Waals surface area contributed by atoms with Crippen molar-refractivity contribution >= 4 is 28.1 Å². The number of nitrogens with two attached hydrogens (primary N) is 1. The summed E-state index contributed by atoms with van der Waals surface area (Å²) in [5.74, 6) is -0.176. The third-order valence-electron chi connectivity index (χ3n) is 5.15. The van der Waals surface area contributed by atoms with E-state index in [9.17, 15) is 14.9 Å². The number of nitro groups is 1. The van der Waals surface area contributed by atoms with Crippen LogP contribution in [-0.4, -0.2) is 10.7 Å². The number of para-hydroxylation sites is 1. The predicted molar refractivity (Wildman–Crippen MR) is 98.5 cm³/mol. The lowest BCUT2D eigenvalue weighted by atomic mass is 9.83. The van der Waals surface area contributed by atoms with Gasteiger partial charge in [-0.25, -0.2) is 0 Å². The van der Waals surface area contributed by atoms with Crippen LogP contribution in [0.2, 0.25) is 0 Å². The van der Waals surface area contributed by atoms with E-state index in [0.717, 1.165) is 19.3 Å². The van der Waals surface area contributed by atoms with Gasteiger partial charge in [0.1, 0.15) is 11.1 Å². The highest BCUT2D eigenvalue weighted by Crippen LogP contribution is 2.38. The predicted octanol–water partition coefficient (Wildman–Crippen LogP) is 4.59. The topological polar surface area (TPSA) is 99.4 Å². The normalized spacial score (nSPS) is 16.4. The average Bonchev–Trinajstić information content (AvgIpc) is 2.96. The summed E-state index contributed by atoms with van der Waals surface area (Å²) in [6.45, 7) is 2.18. The second-order valence-corrected chi connectivity index (χ2v) is 6.79. The van der Waals surface area contributed by atoms with Crippen LogP contribution in [0.3, 0.4) is 0 Å². The number of furan rings is 1. The van der Waals surface area contributed by atoms with E-state index in [1.165, 1.54) is 29.3 Å². The number of benzene rings is 2. The molecular weight excluding hydrogens is 332 g/mol. The van der Waals surface area contributed by atoms with Crippen LogP contribution in [-0.2, 0) is 6.42 Å². The molecule has 0 saturated carbocycles. The molecule has 6 heteroatoms. The van der Waals surface area contributed by atoms with Crippen LogP contribution in [0.5, 0.6) is 0 Å². The highest BCUT2D eigenvalue weighted by atomic mass is 16.6. The number of aryl methyl sites for hydroxylation is 1. The fraction of sp³-hybridized carbons (Fsp3) is 0.250. The van der Waals surface area contributed by atoms with Crippen LogP contribution in [0.15, 0.2) is 40.8 Å². The van der Waals surface area contributed by atoms with Crippen molar-refractivity contribution in [1.82, 2.24) is 0 Å². The van der Waals surface area contributed by atoms with E-state index in [1.54, 1.807) is 6.07 Å². The molecule has 1 aliphatic rings. The molecule has 1 atom stereocenters. The fourth-order valence-corrected chi connectivity index (χ4v) is 3.77. The number of nitrogens with zero attached hydrogens (tertiary/aromatic N) is 1. The van der Waals surface area contributed by atoms with Gasteiger partial charge in [0.25, 0.3) is 5.69 Å². The van der Waals surface area contributed by atoms with Crippen LogP contribution >= 0.6 is 0 Å². The molecular formula is C20H18N2O4. The first-order valence-electron chi connectivity index (χ1n) is 8.60. The number of fused-ring (bicyclic) bond motifs is 2. The molecule has 0 aliphatic heterocycles. The third kappa shape index (κ3) is 2.45. The average molecular weight is 350 g/mol. The van der Waals surface area contributed by atoms with Gasteiger partial charge in [0.05, 0.1) is 10.6 Å². The van der Waals surface area contributed by atoms with Crippen molar-refractivity contribution in [1.29, 1.82) is 0 Å². The molecule has 1 aliphatic carbocycles. The zero-order chi connectivity index (χ0) is 18.4. The van der Waals surface area contributed by atoms with Gasteiger partial charge in [0, 0.05) is 11.5 Å². The van der Waals surface area contributed by atoms with Gasteiger partial charge in [-0.3, -0.25) is 14.9 Å². The summed E-state index contributed by atoms with van der Waals surface area (Å²) in [6.07, 6.45) is 3.23. The number of nitrogen functional groups attached to an aromatic ring is 1. The number of carbonyl (C=O) groups is 1. The summed E-state index contributed by atoms with van der Waals surface area (Å²) in [6, 6.07) is 9.77. The van der Waals surface area contributed by atoms with Crippen molar-refractivity contribution in [2.45, 2.75) is 32.1 Å². The molecule has 1 unspecified atom stereocenters. The molecule has 132 valence electrons. The Labute approximate surface area is 149 Å². The molecule has 0 amide bonds. The molecule has 1 heterocycles. The molecule has 0 bridgehead atoms. The van der Waals surface area contributed by atoms with Gasteiger partial charge < -0.3 is 10.2 Å². The Morgan fingerprint density at radius 2 is 2.08 bits per heavy atom. The molecule has 26 heavy (non-hydrogen) atoms. The Balaban J connectivity index is 1.86. The summed E-state index contributed by atoms with van der Waals surface area (Å²) in [5.41, 5.74) is 9.15. The lowest BCUT2D eigenvalue weighted by Gasteiger charge is -2.21. The minimum atomic E-state index is -0.577.